The van der Waals surface area contributed by atoms with E-state index in [1.807, 2.05) is 20.9 Å². The number of nitrogens with zero attached hydrogens (tertiary/aromatic N) is 1. The van der Waals surface area contributed by atoms with Crippen LogP contribution in [0.2, 0.25) is 0 Å². The summed E-state index contributed by atoms with van der Waals surface area (Å²) >= 11 is 5.17. The summed E-state index contributed by atoms with van der Waals surface area (Å²) in [7, 11) is 1.85. The van der Waals surface area contributed by atoms with Crippen LogP contribution in [-0.2, 0) is 11.3 Å². The van der Waals surface area contributed by atoms with Gasteiger partial charge in [-0.25, -0.2) is 0 Å². The van der Waals surface area contributed by atoms with Crippen LogP contribution >= 0.6 is 27.7 Å². The Morgan fingerprint density at radius 3 is 2.33 bits per heavy atom. The van der Waals surface area contributed by atoms with Crippen molar-refractivity contribution >= 4 is 33.6 Å². The van der Waals surface area contributed by atoms with E-state index in [0.717, 1.165) is 5.56 Å². The van der Waals surface area contributed by atoms with Gasteiger partial charge in [-0.3, -0.25) is 4.79 Å². The molecular weight excluding hydrogens is 310 g/mol. The second kappa shape index (κ2) is 7.19. The van der Waals surface area contributed by atoms with E-state index in [1.54, 1.807) is 16.7 Å². The Bertz CT molecular complexity index is 391. The minimum absolute atomic E-state index is 0.104. The molecular formula is C14H20BrNOS. The van der Waals surface area contributed by atoms with E-state index in [0.29, 0.717) is 12.5 Å². The lowest BCUT2D eigenvalue weighted by atomic mass is 10.1. The lowest BCUT2D eigenvalue weighted by Gasteiger charge is -2.22. The number of thioether (sulfide) groups is 1. The first kappa shape index (κ1) is 15.6. The van der Waals surface area contributed by atoms with Crippen molar-refractivity contribution in [2.75, 3.05) is 13.3 Å². The quantitative estimate of drug-likeness (QED) is 0.605. The van der Waals surface area contributed by atoms with Crippen molar-refractivity contribution in [3.63, 3.8) is 0 Å². The second-order valence-corrected chi connectivity index (χ2v) is 6.55. The zero-order valence-electron chi connectivity index (χ0n) is 11.3. The Labute approximate surface area is 122 Å². The summed E-state index contributed by atoms with van der Waals surface area (Å²) in [5.41, 5.74) is 1.16. The highest BCUT2D eigenvalue weighted by Crippen LogP contribution is 2.18. The van der Waals surface area contributed by atoms with Gasteiger partial charge in [-0.2, -0.15) is 0 Å². The van der Waals surface area contributed by atoms with E-state index >= 15 is 0 Å². The first-order valence-electron chi connectivity index (χ1n) is 5.97. The molecule has 0 aliphatic heterocycles. The van der Waals surface area contributed by atoms with Crippen LogP contribution in [0.15, 0.2) is 29.2 Å². The molecule has 0 heterocycles. The van der Waals surface area contributed by atoms with Crippen LogP contribution in [0.1, 0.15) is 19.4 Å². The predicted octanol–water partition coefficient (Wildman–Crippen LogP) is 3.79. The molecule has 1 atom stereocenters. The molecule has 0 N–H and O–H groups in total. The van der Waals surface area contributed by atoms with Gasteiger partial charge in [0.15, 0.2) is 0 Å². The fraction of sp³-hybridized carbons (Fsp3) is 0.500. The summed E-state index contributed by atoms with van der Waals surface area (Å²) in [6.07, 6.45) is 2.06. The summed E-state index contributed by atoms with van der Waals surface area (Å²) in [6.45, 7) is 4.74. The van der Waals surface area contributed by atoms with Crippen molar-refractivity contribution in [1.29, 1.82) is 0 Å². The van der Waals surface area contributed by atoms with Crippen LogP contribution in [0.4, 0.5) is 0 Å². The number of hydrogen-bond donors (Lipinski definition) is 0. The molecule has 0 saturated carbocycles. The fourth-order valence-electron chi connectivity index (χ4n) is 1.58. The molecule has 1 unspecified atom stereocenters. The number of benzene rings is 1. The van der Waals surface area contributed by atoms with Gasteiger partial charge in [0.05, 0.1) is 4.83 Å². The van der Waals surface area contributed by atoms with Crippen molar-refractivity contribution in [3.05, 3.63) is 29.8 Å². The highest BCUT2D eigenvalue weighted by molar-refractivity contribution is 9.10. The zero-order chi connectivity index (χ0) is 13.7. The lowest BCUT2D eigenvalue weighted by molar-refractivity contribution is -0.130. The fourth-order valence-corrected chi connectivity index (χ4v) is 2.34. The Morgan fingerprint density at radius 1 is 1.33 bits per heavy atom. The highest BCUT2D eigenvalue weighted by atomic mass is 79.9. The van der Waals surface area contributed by atoms with Gasteiger partial charge in [0.25, 0.3) is 0 Å². The maximum Gasteiger partial charge on any atom is 0.236 e. The molecule has 0 aliphatic rings. The van der Waals surface area contributed by atoms with E-state index in [2.05, 4.69) is 46.5 Å². The predicted molar refractivity (Wildman–Crippen MR) is 82.3 cm³/mol. The topological polar surface area (TPSA) is 20.3 Å². The van der Waals surface area contributed by atoms with Crippen molar-refractivity contribution in [3.8, 4) is 0 Å². The van der Waals surface area contributed by atoms with Crippen LogP contribution in [-0.4, -0.2) is 28.9 Å². The molecule has 0 aliphatic carbocycles. The Balaban J connectivity index is 2.63. The molecule has 4 heteroatoms. The molecule has 1 aromatic rings. The Morgan fingerprint density at radius 2 is 1.89 bits per heavy atom. The second-order valence-electron chi connectivity index (χ2n) is 4.69. The standard InChI is InChI=1S/C14H20BrNOS/c1-10(2)13(15)14(17)16(3)9-11-5-7-12(18-4)8-6-11/h5-8,10,13H,9H2,1-4H3. The van der Waals surface area contributed by atoms with Gasteiger partial charge >= 0.3 is 0 Å². The van der Waals surface area contributed by atoms with E-state index in [4.69, 9.17) is 0 Å². The van der Waals surface area contributed by atoms with Gasteiger partial charge in [-0.1, -0.05) is 41.9 Å². The summed E-state index contributed by atoms with van der Waals surface area (Å²) in [5, 5.41) is 0. The lowest BCUT2D eigenvalue weighted by Crippen LogP contribution is -2.35. The van der Waals surface area contributed by atoms with Crippen LogP contribution < -0.4 is 0 Å². The normalized spacial score (nSPS) is 12.6. The molecule has 100 valence electrons. The number of rotatable bonds is 5. The van der Waals surface area contributed by atoms with Crippen LogP contribution in [0.3, 0.4) is 0 Å². The average molecular weight is 330 g/mol. The maximum atomic E-state index is 12.1. The number of amides is 1. The highest BCUT2D eigenvalue weighted by Gasteiger charge is 2.22. The monoisotopic (exact) mass is 329 g/mol. The van der Waals surface area contributed by atoms with E-state index < -0.39 is 0 Å². The van der Waals surface area contributed by atoms with Gasteiger partial charge in [-0.15, -0.1) is 11.8 Å². The molecule has 1 amide bonds. The smallest absolute Gasteiger partial charge is 0.236 e. The molecule has 0 bridgehead atoms. The number of carbonyl (C=O) groups is 1. The van der Waals surface area contributed by atoms with Gasteiger partial charge in [0.1, 0.15) is 0 Å². The van der Waals surface area contributed by atoms with Crippen molar-refractivity contribution in [1.82, 2.24) is 4.90 Å². The summed E-state index contributed by atoms with van der Waals surface area (Å²) < 4.78 is 0. The third kappa shape index (κ3) is 4.32. The third-order valence-corrected chi connectivity index (χ3v) is 4.97. The number of hydrogen-bond acceptors (Lipinski definition) is 2. The van der Waals surface area contributed by atoms with Gasteiger partial charge < -0.3 is 4.90 Å². The minimum Gasteiger partial charge on any atom is -0.340 e. The largest absolute Gasteiger partial charge is 0.340 e. The Kier molecular flexibility index (Phi) is 6.22. The van der Waals surface area contributed by atoms with Crippen molar-refractivity contribution < 1.29 is 4.79 Å². The SMILES string of the molecule is CSc1ccc(CN(C)C(=O)C(Br)C(C)C)cc1. The first-order chi connectivity index (χ1) is 8.45. The first-order valence-corrected chi connectivity index (χ1v) is 8.11. The zero-order valence-corrected chi connectivity index (χ0v) is 13.7. The number of halogens is 1. The summed E-state index contributed by atoms with van der Waals surface area (Å²) in [6, 6.07) is 8.33. The summed E-state index contributed by atoms with van der Waals surface area (Å²) in [5.74, 6) is 0.442. The summed E-state index contributed by atoms with van der Waals surface area (Å²) in [4.78, 5) is 15.0. The molecule has 0 radical (unpaired) electrons. The van der Waals surface area contributed by atoms with E-state index in [1.165, 1.54) is 4.90 Å². The molecule has 18 heavy (non-hydrogen) atoms. The van der Waals surface area contributed by atoms with Gasteiger partial charge in [-0.05, 0) is 29.9 Å². The van der Waals surface area contributed by atoms with Gasteiger partial charge in [0, 0.05) is 18.5 Å². The molecule has 0 saturated heterocycles. The molecule has 0 aromatic heterocycles. The molecule has 0 spiro atoms. The Hall–Kier alpha value is -0.480. The van der Waals surface area contributed by atoms with Crippen molar-refractivity contribution in [2.45, 2.75) is 30.1 Å². The third-order valence-electron chi connectivity index (χ3n) is 2.78. The molecule has 2 nitrogen and oxygen atoms in total. The van der Waals surface area contributed by atoms with Crippen LogP contribution in [0.5, 0.6) is 0 Å². The molecule has 0 fully saturated rings. The average Bonchev–Trinajstić information content (AvgIpc) is 2.37. The van der Waals surface area contributed by atoms with Gasteiger partial charge in [0.2, 0.25) is 5.91 Å². The maximum absolute atomic E-state index is 12.1. The minimum atomic E-state index is -0.104. The number of alkyl halides is 1. The van der Waals surface area contributed by atoms with Crippen LogP contribution in [0.25, 0.3) is 0 Å². The number of carbonyl (C=O) groups excluding carboxylic acids is 1. The van der Waals surface area contributed by atoms with Crippen molar-refractivity contribution in [2.24, 2.45) is 5.92 Å². The molecule has 1 aromatic carbocycles. The van der Waals surface area contributed by atoms with E-state index in [-0.39, 0.29) is 10.7 Å². The van der Waals surface area contributed by atoms with Crippen LogP contribution in [0, 0.1) is 5.92 Å². The molecule has 1 rings (SSSR count). The van der Waals surface area contributed by atoms with E-state index in [9.17, 15) is 4.79 Å².